The number of ether oxygens (including phenoxy) is 2. The van der Waals surface area contributed by atoms with Gasteiger partial charge in [-0.2, -0.15) is 0 Å². The molecule has 10 nitrogen and oxygen atoms in total. The van der Waals surface area contributed by atoms with Crippen LogP contribution in [0.3, 0.4) is 0 Å². The quantitative estimate of drug-likeness (QED) is 0.290. The predicted octanol–water partition coefficient (Wildman–Crippen LogP) is 1.46. The van der Waals surface area contributed by atoms with Gasteiger partial charge in [-0.25, -0.2) is 0 Å². The van der Waals surface area contributed by atoms with Crippen molar-refractivity contribution in [3.8, 4) is 0 Å². The number of morpholine rings is 1. The number of nitrogens with zero attached hydrogens (tertiary/aromatic N) is 2. The molecular formula is C31H46N4O6. The summed E-state index contributed by atoms with van der Waals surface area (Å²) in [6.07, 6.45) is 5.01. The van der Waals surface area contributed by atoms with Crippen molar-refractivity contribution in [2.45, 2.75) is 75.7 Å². The molecule has 0 aromatic heterocycles. The number of carbonyl (C=O) groups excluding carboxylic acids is 3. The molecule has 4 heterocycles. The van der Waals surface area contributed by atoms with Crippen LogP contribution in [0.5, 0.6) is 0 Å². The van der Waals surface area contributed by atoms with Crippen LogP contribution in [0, 0.1) is 11.8 Å². The summed E-state index contributed by atoms with van der Waals surface area (Å²) < 4.78 is 12.3. The first kappa shape index (κ1) is 29.9. The van der Waals surface area contributed by atoms with E-state index < -0.39 is 29.1 Å². The van der Waals surface area contributed by atoms with Crippen molar-refractivity contribution in [3.63, 3.8) is 0 Å². The zero-order valence-electron chi connectivity index (χ0n) is 24.3. The lowest BCUT2D eigenvalue weighted by molar-refractivity contribution is -0.147. The first-order chi connectivity index (χ1) is 20.0. The highest BCUT2D eigenvalue weighted by Crippen LogP contribution is 2.64. The van der Waals surface area contributed by atoms with E-state index in [1.165, 1.54) is 0 Å². The number of rotatable bonds is 14. The minimum atomic E-state index is -1.00. The molecule has 0 aliphatic carbocycles. The van der Waals surface area contributed by atoms with Gasteiger partial charge in [-0.3, -0.25) is 19.3 Å². The van der Waals surface area contributed by atoms with Crippen molar-refractivity contribution in [2.75, 3.05) is 52.5 Å². The van der Waals surface area contributed by atoms with Crippen LogP contribution in [0.25, 0.3) is 0 Å². The summed E-state index contributed by atoms with van der Waals surface area (Å²) >= 11 is 0. The van der Waals surface area contributed by atoms with Gasteiger partial charge in [0.2, 0.25) is 17.7 Å². The van der Waals surface area contributed by atoms with Crippen LogP contribution in [0.2, 0.25) is 0 Å². The van der Waals surface area contributed by atoms with Crippen LogP contribution < -0.4 is 10.6 Å². The van der Waals surface area contributed by atoms with E-state index in [0.717, 1.165) is 50.9 Å². The summed E-state index contributed by atoms with van der Waals surface area (Å²) in [5.74, 6) is -1.83. The molecule has 2 unspecified atom stereocenters. The lowest BCUT2D eigenvalue weighted by Gasteiger charge is -2.34. The monoisotopic (exact) mass is 570 g/mol. The molecule has 5 rings (SSSR count). The minimum Gasteiger partial charge on any atom is -0.396 e. The fraction of sp³-hybridized carbons (Fsp3) is 0.710. The second kappa shape index (κ2) is 13.2. The Hall–Kier alpha value is -2.53. The molecule has 1 aromatic rings. The number of likely N-dealkylation sites (tertiary alicyclic amines) is 1. The number of carbonyl (C=O) groups is 3. The fourth-order valence-corrected chi connectivity index (χ4v) is 7.56. The van der Waals surface area contributed by atoms with Gasteiger partial charge in [0.25, 0.3) is 0 Å². The maximum atomic E-state index is 14.2. The number of aliphatic hydroxyl groups excluding tert-OH is 1. The van der Waals surface area contributed by atoms with Crippen LogP contribution in [-0.2, 0) is 30.4 Å². The number of hydrogen-bond acceptors (Lipinski definition) is 7. The summed E-state index contributed by atoms with van der Waals surface area (Å²) in [6, 6.07) is 8.98. The van der Waals surface area contributed by atoms with E-state index in [0.29, 0.717) is 52.1 Å². The van der Waals surface area contributed by atoms with E-state index in [1.54, 1.807) is 4.90 Å². The van der Waals surface area contributed by atoms with Gasteiger partial charge in [0.05, 0.1) is 30.7 Å². The normalized spacial score (nSPS) is 30.9. The van der Waals surface area contributed by atoms with Gasteiger partial charge in [-0.15, -0.1) is 0 Å². The molecule has 1 aromatic carbocycles. The molecule has 0 radical (unpaired) electrons. The van der Waals surface area contributed by atoms with E-state index in [-0.39, 0.29) is 24.3 Å². The molecule has 4 aliphatic heterocycles. The Morgan fingerprint density at radius 1 is 1.00 bits per heavy atom. The number of hydrogen-bond donors (Lipinski definition) is 3. The van der Waals surface area contributed by atoms with E-state index in [2.05, 4.69) is 15.5 Å². The van der Waals surface area contributed by atoms with E-state index in [9.17, 15) is 14.4 Å². The van der Waals surface area contributed by atoms with Gasteiger partial charge in [0.15, 0.2) is 0 Å². The third kappa shape index (κ3) is 5.89. The Balaban J connectivity index is 1.35. The smallest absolute Gasteiger partial charge is 0.245 e. The largest absolute Gasteiger partial charge is 0.396 e. The molecule has 10 heteroatoms. The molecular weight excluding hydrogens is 524 g/mol. The summed E-state index contributed by atoms with van der Waals surface area (Å²) in [7, 11) is 0. The number of benzene rings is 1. The van der Waals surface area contributed by atoms with Crippen molar-refractivity contribution in [1.82, 2.24) is 20.4 Å². The maximum Gasteiger partial charge on any atom is 0.245 e. The van der Waals surface area contributed by atoms with Crippen LogP contribution in [0.15, 0.2) is 30.3 Å². The number of unbranched alkanes of at least 4 members (excludes halogenated alkanes) is 3. The average Bonchev–Trinajstić information content (AvgIpc) is 3.60. The molecule has 2 bridgehead atoms. The van der Waals surface area contributed by atoms with E-state index in [4.69, 9.17) is 14.6 Å². The Bertz CT molecular complexity index is 1070. The highest BCUT2D eigenvalue weighted by molar-refractivity contribution is 5.99. The molecule has 3 amide bonds. The van der Waals surface area contributed by atoms with Crippen molar-refractivity contribution >= 4 is 17.7 Å². The standard InChI is InChI=1S/C31H46N4O6/c1-2-30-12-13-31(41-30)25(24(30)27(37)33-22-23-10-6-5-7-11-23)29(39)35(15-8-3-4-9-19-36)26(31)28(38)32-14-16-34-17-20-40-21-18-34/h5-7,10-11,24-26,36H,2-4,8-9,12-22H2,1H3,(H,32,38)(H,33,37)/t24-,25-,26?,30+,31?/m0/s1. The first-order valence-electron chi connectivity index (χ1n) is 15.5. The molecule has 41 heavy (non-hydrogen) atoms. The lowest BCUT2D eigenvalue weighted by Crippen LogP contribution is -2.56. The molecule has 1 spiro atoms. The van der Waals surface area contributed by atoms with Crippen molar-refractivity contribution in [3.05, 3.63) is 35.9 Å². The fourth-order valence-electron chi connectivity index (χ4n) is 7.56. The summed E-state index contributed by atoms with van der Waals surface area (Å²) in [6.45, 7) is 7.24. The van der Waals surface area contributed by atoms with Gasteiger partial charge >= 0.3 is 0 Å². The molecule has 3 N–H and O–H groups in total. The predicted molar refractivity (Wildman–Crippen MR) is 153 cm³/mol. The average molecular weight is 571 g/mol. The second-order valence-corrected chi connectivity index (χ2v) is 12.0. The van der Waals surface area contributed by atoms with Crippen LogP contribution in [0.4, 0.5) is 0 Å². The first-order valence-corrected chi connectivity index (χ1v) is 15.5. The second-order valence-electron chi connectivity index (χ2n) is 12.0. The SMILES string of the molecule is CC[C@]12CCC3(O1)C(C(=O)NCCN1CCOCC1)N(CCCCCCO)C(=O)[C@@H]3[C@H]2C(=O)NCc1ccccc1. The number of amides is 3. The summed E-state index contributed by atoms with van der Waals surface area (Å²) in [5.41, 5.74) is -0.763. The van der Waals surface area contributed by atoms with Crippen molar-refractivity contribution < 1.29 is 29.0 Å². The Morgan fingerprint density at radius 2 is 1.76 bits per heavy atom. The third-order valence-corrected chi connectivity index (χ3v) is 9.66. The number of fused-ring (bicyclic) bond motifs is 1. The van der Waals surface area contributed by atoms with Crippen LogP contribution >= 0.6 is 0 Å². The van der Waals surface area contributed by atoms with Gasteiger partial charge in [-0.1, -0.05) is 50.1 Å². The van der Waals surface area contributed by atoms with Crippen LogP contribution in [0.1, 0.15) is 57.4 Å². The third-order valence-electron chi connectivity index (χ3n) is 9.66. The van der Waals surface area contributed by atoms with E-state index in [1.807, 2.05) is 37.3 Å². The lowest BCUT2D eigenvalue weighted by atomic mass is 9.65. The molecule has 226 valence electrons. The minimum absolute atomic E-state index is 0.143. The zero-order valence-corrected chi connectivity index (χ0v) is 24.3. The zero-order chi connectivity index (χ0) is 28.9. The maximum absolute atomic E-state index is 14.2. The van der Waals surface area contributed by atoms with Gasteiger partial charge in [0.1, 0.15) is 11.6 Å². The van der Waals surface area contributed by atoms with Gasteiger partial charge < -0.3 is 30.1 Å². The number of nitrogens with one attached hydrogen (secondary N) is 2. The Morgan fingerprint density at radius 3 is 2.49 bits per heavy atom. The Labute approximate surface area is 243 Å². The summed E-state index contributed by atoms with van der Waals surface area (Å²) in [5, 5.41) is 15.3. The topological polar surface area (TPSA) is 120 Å². The van der Waals surface area contributed by atoms with Crippen LogP contribution in [-0.4, -0.2) is 102 Å². The van der Waals surface area contributed by atoms with E-state index >= 15 is 0 Å². The highest BCUT2D eigenvalue weighted by Gasteiger charge is 2.78. The van der Waals surface area contributed by atoms with Gasteiger partial charge in [-0.05, 0) is 37.7 Å². The molecule has 4 saturated heterocycles. The molecule has 4 aliphatic rings. The van der Waals surface area contributed by atoms with Crippen molar-refractivity contribution in [1.29, 1.82) is 0 Å². The van der Waals surface area contributed by atoms with Crippen molar-refractivity contribution in [2.24, 2.45) is 11.8 Å². The number of aliphatic hydroxyl groups is 1. The Kier molecular flexibility index (Phi) is 9.63. The summed E-state index contributed by atoms with van der Waals surface area (Å²) in [4.78, 5) is 45.9. The molecule has 5 atom stereocenters. The molecule has 0 saturated carbocycles. The van der Waals surface area contributed by atoms with Gasteiger partial charge in [0, 0.05) is 45.9 Å². The highest BCUT2D eigenvalue weighted by atomic mass is 16.5. The molecule has 4 fully saturated rings.